The standard InChI is InChI=1S/C14H13ClN2O/c1-8-9(2)17-14(15)12(16-8)11-5-3-4-10-6-7-18-13(10)11/h3-5H,6-7H2,1-2H3. The van der Waals surface area contributed by atoms with Gasteiger partial charge in [0.05, 0.1) is 18.0 Å². The number of halogens is 1. The first-order valence-electron chi connectivity index (χ1n) is 5.92. The molecule has 0 saturated heterocycles. The fourth-order valence-corrected chi connectivity index (χ4v) is 2.42. The van der Waals surface area contributed by atoms with Crippen molar-refractivity contribution >= 4 is 11.6 Å². The summed E-state index contributed by atoms with van der Waals surface area (Å²) in [4.78, 5) is 8.87. The lowest BCUT2D eigenvalue weighted by molar-refractivity contribution is 0.358. The number of aromatic nitrogens is 2. The number of fused-ring (bicyclic) bond motifs is 1. The van der Waals surface area contributed by atoms with Crippen LogP contribution in [0.25, 0.3) is 11.3 Å². The van der Waals surface area contributed by atoms with Crippen molar-refractivity contribution in [2.45, 2.75) is 20.3 Å². The minimum Gasteiger partial charge on any atom is -0.492 e. The van der Waals surface area contributed by atoms with Crippen molar-refractivity contribution in [1.82, 2.24) is 9.97 Å². The maximum atomic E-state index is 6.21. The molecule has 0 spiro atoms. The van der Waals surface area contributed by atoms with Crippen LogP contribution in [0.5, 0.6) is 5.75 Å². The molecule has 0 bridgehead atoms. The van der Waals surface area contributed by atoms with Gasteiger partial charge in [0.15, 0.2) is 5.15 Å². The molecule has 0 N–H and O–H groups in total. The summed E-state index contributed by atoms with van der Waals surface area (Å²) < 4.78 is 5.68. The van der Waals surface area contributed by atoms with Gasteiger partial charge < -0.3 is 4.74 Å². The van der Waals surface area contributed by atoms with E-state index in [1.54, 1.807) is 0 Å². The van der Waals surface area contributed by atoms with Gasteiger partial charge in [-0.3, -0.25) is 0 Å². The number of hydrogen-bond donors (Lipinski definition) is 0. The first kappa shape index (κ1) is 11.5. The lowest BCUT2D eigenvalue weighted by Gasteiger charge is -2.10. The van der Waals surface area contributed by atoms with Crippen molar-refractivity contribution in [3.05, 3.63) is 40.3 Å². The Labute approximate surface area is 111 Å². The molecule has 1 aliphatic rings. The summed E-state index contributed by atoms with van der Waals surface area (Å²) in [6.45, 7) is 4.57. The van der Waals surface area contributed by atoms with Gasteiger partial charge in [-0.05, 0) is 25.5 Å². The Balaban J connectivity index is 2.22. The molecule has 92 valence electrons. The number of nitrogens with zero attached hydrogens (tertiary/aromatic N) is 2. The molecule has 0 amide bonds. The van der Waals surface area contributed by atoms with Crippen LogP contribution in [0.3, 0.4) is 0 Å². The first-order valence-corrected chi connectivity index (χ1v) is 6.30. The number of aryl methyl sites for hydroxylation is 2. The average Bonchev–Trinajstić information content (AvgIpc) is 2.82. The van der Waals surface area contributed by atoms with Gasteiger partial charge in [0.2, 0.25) is 0 Å². The van der Waals surface area contributed by atoms with Crippen LogP contribution in [0.4, 0.5) is 0 Å². The third kappa shape index (κ3) is 1.75. The van der Waals surface area contributed by atoms with Gasteiger partial charge in [0.1, 0.15) is 11.4 Å². The summed E-state index contributed by atoms with van der Waals surface area (Å²) in [5.41, 5.74) is 4.61. The van der Waals surface area contributed by atoms with E-state index in [2.05, 4.69) is 16.0 Å². The molecular weight excluding hydrogens is 248 g/mol. The molecular formula is C14H13ClN2O. The number of ether oxygens (including phenoxy) is 1. The predicted molar refractivity (Wildman–Crippen MR) is 71.2 cm³/mol. The van der Waals surface area contributed by atoms with Crippen LogP contribution in [0.1, 0.15) is 17.0 Å². The number of para-hydroxylation sites is 1. The maximum Gasteiger partial charge on any atom is 0.155 e. The molecule has 0 radical (unpaired) electrons. The molecule has 0 unspecified atom stereocenters. The van der Waals surface area contributed by atoms with E-state index in [1.807, 2.05) is 26.0 Å². The van der Waals surface area contributed by atoms with E-state index in [4.69, 9.17) is 16.3 Å². The molecule has 1 aromatic carbocycles. The predicted octanol–water partition coefficient (Wildman–Crippen LogP) is 3.35. The zero-order valence-corrected chi connectivity index (χ0v) is 11.1. The van der Waals surface area contributed by atoms with Crippen molar-refractivity contribution in [1.29, 1.82) is 0 Å². The molecule has 2 aromatic rings. The Bertz CT molecular complexity index is 625. The van der Waals surface area contributed by atoms with Crippen LogP contribution in [0.2, 0.25) is 5.15 Å². The van der Waals surface area contributed by atoms with Gasteiger partial charge in [-0.2, -0.15) is 0 Å². The SMILES string of the molecule is Cc1nc(Cl)c(-c2cccc3c2OCC3)nc1C. The van der Waals surface area contributed by atoms with E-state index in [9.17, 15) is 0 Å². The summed E-state index contributed by atoms with van der Waals surface area (Å²) in [7, 11) is 0. The number of hydrogen-bond acceptors (Lipinski definition) is 3. The fourth-order valence-electron chi connectivity index (χ4n) is 2.15. The number of benzene rings is 1. The van der Waals surface area contributed by atoms with E-state index in [-0.39, 0.29) is 0 Å². The topological polar surface area (TPSA) is 35.0 Å². The van der Waals surface area contributed by atoms with Crippen LogP contribution in [0.15, 0.2) is 18.2 Å². The second kappa shape index (κ2) is 4.25. The highest BCUT2D eigenvalue weighted by atomic mass is 35.5. The molecule has 1 aromatic heterocycles. The van der Waals surface area contributed by atoms with Crippen molar-refractivity contribution < 1.29 is 4.74 Å². The second-order valence-corrected chi connectivity index (χ2v) is 4.78. The molecule has 4 heteroatoms. The third-order valence-corrected chi connectivity index (χ3v) is 3.50. The Morgan fingerprint density at radius 2 is 1.94 bits per heavy atom. The van der Waals surface area contributed by atoms with E-state index in [1.165, 1.54) is 5.56 Å². The van der Waals surface area contributed by atoms with Crippen molar-refractivity contribution in [3.63, 3.8) is 0 Å². The van der Waals surface area contributed by atoms with E-state index in [0.29, 0.717) is 10.8 Å². The Morgan fingerprint density at radius 3 is 2.78 bits per heavy atom. The van der Waals surface area contributed by atoms with Crippen LogP contribution in [-0.4, -0.2) is 16.6 Å². The highest BCUT2D eigenvalue weighted by Crippen LogP contribution is 2.38. The molecule has 0 atom stereocenters. The van der Waals surface area contributed by atoms with E-state index >= 15 is 0 Å². The molecule has 1 aliphatic heterocycles. The Hall–Kier alpha value is -1.61. The summed E-state index contributed by atoms with van der Waals surface area (Å²) in [6.07, 6.45) is 0.944. The largest absolute Gasteiger partial charge is 0.492 e. The summed E-state index contributed by atoms with van der Waals surface area (Å²) in [5, 5.41) is 0.432. The first-order chi connectivity index (χ1) is 8.66. The van der Waals surface area contributed by atoms with Crippen molar-refractivity contribution in [3.8, 4) is 17.0 Å². The van der Waals surface area contributed by atoms with Crippen LogP contribution >= 0.6 is 11.6 Å². The summed E-state index contributed by atoms with van der Waals surface area (Å²) in [6, 6.07) is 6.07. The molecule has 0 saturated carbocycles. The minimum absolute atomic E-state index is 0.432. The lowest BCUT2D eigenvalue weighted by Crippen LogP contribution is -1.98. The molecule has 3 nitrogen and oxygen atoms in total. The van der Waals surface area contributed by atoms with E-state index < -0.39 is 0 Å². The van der Waals surface area contributed by atoms with E-state index in [0.717, 1.165) is 35.7 Å². The summed E-state index contributed by atoms with van der Waals surface area (Å²) >= 11 is 6.21. The highest BCUT2D eigenvalue weighted by Gasteiger charge is 2.20. The van der Waals surface area contributed by atoms with Crippen LogP contribution < -0.4 is 4.74 Å². The van der Waals surface area contributed by atoms with Gasteiger partial charge in [0.25, 0.3) is 0 Å². The summed E-state index contributed by atoms with van der Waals surface area (Å²) in [5.74, 6) is 0.900. The van der Waals surface area contributed by atoms with Crippen molar-refractivity contribution in [2.75, 3.05) is 6.61 Å². The zero-order chi connectivity index (χ0) is 12.7. The average molecular weight is 261 g/mol. The smallest absolute Gasteiger partial charge is 0.155 e. The van der Waals surface area contributed by atoms with Crippen LogP contribution in [-0.2, 0) is 6.42 Å². The monoisotopic (exact) mass is 260 g/mol. The Morgan fingerprint density at radius 1 is 1.17 bits per heavy atom. The van der Waals surface area contributed by atoms with Gasteiger partial charge in [-0.1, -0.05) is 23.7 Å². The van der Waals surface area contributed by atoms with Crippen molar-refractivity contribution in [2.24, 2.45) is 0 Å². The fraction of sp³-hybridized carbons (Fsp3) is 0.286. The Kier molecular flexibility index (Phi) is 2.71. The van der Waals surface area contributed by atoms with Gasteiger partial charge in [0, 0.05) is 12.0 Å². The molecule has 0 fully saturated rings. The zero-order valence-electron chi connectivity index (χ0n) is 10.3. The second-order valence-electron chi connectivity index (χ2n) is 4.43. The lowest BCUT2D eigenvalue weighted by atomic mass is 10.1. The maximum absolute atomic E-state index is 6.21. The normalized spacial score (nSPS) is 13.3. The highest BCUT2D eigenvalue weighted by molar-refractivity contribution is 6.31. The molecule has 3 rings (SSSR count). The molecule has 0 aliphatic carbocycles. The minimum atomic E-state index is 0.432. The quantitative estimate of drug-likeness (QED) is 0.789. The molecule has 2 heterocycles. The number of rotatable bonds is 1. The van der Waals surface area contributed by atoms with Gasteiger partial charge in [-0.15, -0.1) is 0 Å². The van der Waals surface area contributed by atoms with Gasteiger partial charge >= 0.3 is 0 Å². The van der Waals surface area contributed by atoms with Gasteiger partial charge in [-0.25, -0.2) is 9.97 Å². The molecule has 18 heavy (non-hydrogen) atoms. The third-order valence-electron chi connectivity index (χ3n) is 3.23. The van der Waals surface area contributed by atoms with Crippen LogP contribution in [0, 0.1) is 13.8 Å².